The lowest BCUT2D eigenvalue weighted by Gasteiger charge is -2.19. The van der Waals surface area contributed by atoms with Crippen molar-refractivity contribution in [2.45, 2.75) is 46.5 Å². The molecular formula is C17H23N3O. The molecule has 0 aliphatic rings. The Balaban J connectivity index is 2.42. The topological polar surface area (TPSA) is 47.8 Å². The summed E-state index contributed by atoms with van der Waals surface area (Å²) in [5.41, 5.74) is 3.65. The van der Waals surface area contributed by atoms with E-state index in [-0.39, 0.29) is 5.41 Å². The number of benzene rings is 1. The molecule has 1 aromatic carbocycles. The molecule has 4 nitrogen and oxygen atoms in total. The van der Waals surface area contributed by atoms with E-state index in [4.69, 9.17) is 0 Å². The third kappa shape index (κ3) is 3.38. The van der Waals surface area contributed by atoms with Crippen LogP contribution in [-0.2, 0) is 11.8 Å². The third-order valence-corrected chi connectivity index (χ3v) is 3.48. The first-order valence-electron chi connectivity index (χ1n) is 7.33. The van der Waals surface area contributed by atoms with E-state index in [1.54, 1.807) is 4.68 Å². The van der Waals surface area contributed by atoms with Gasteiger partial charge in [0.15, 0.2) is 6.29 Å². The zero-order chi connectivity index (χ0) is 15.6. The van der Waals surface area contributed by atoms with Crippen LogP contribution in [0.5, 0.6) is 0 Å². The molecule has 0 aliphatic heterocycles. The molecule has 0 saturated heterocycles. The van der Waals surface area contributed by atoms with Gasteiger partial charge in [-0.1, -0.05) is 52.0 Å². The average Bonchev–Trinajstić information content (AvgIpc) is 2.80. The molecule has 1 heterocycles. The molecule has 4 heteroatoms. The van der Waals surface area contributed by atoms with Gasteiger partial charge in [-0.05, 0) is 35.4 Å². The maximum absolute atomic E-state index is 11.1. The molecule has 0 saturated carbocycles. The van der Waals surface area contributed by atoms with Crippen LogP contribution >= 0.6 is 0 Å². The van der Waals surface area contributed by atoms with Crippen LogP contribution in [0, 0.1) is 5.92 Å². The first kappa shape index (κ1) is 15.4. The van der Waals surface area contributed by atoms with Gasteiger partial charge in [0, 0.05) is 0 Å². The number of carbonyl (C=O) groups excluding carboxylic acids is 1. The molecule has 0 amide bonds. The van der Waals surface area contributed by atoms with Crippen LogP contribution in [0.4, 0.5) is 0 Å². The Bertz CT molecular complexity index is 618. The smallest absolute Gasteiger partial charge is 0.172 e. The zero-order valence-electron chi connectivity index (χ0n) is 13.4. The summed E-state index contributed by atoms with van der Waals surface area (Å²) in [5.74, 6) is 0.440. The number of rotatable bonds is 4. The molecule has 0 spiro atoms. The second-order valence-corrected chi connectivity index (χ2v) is 6.85. The minimum absolute atomic E-state index is 0.121. The van der Waals surface area contributed by atoms with Gasteiger partial charge in [0.2, 0.25) is 0 Å². The van der Waals surface area contributed by atoms with Crippen molar-refractivity contribution in [1.29, 1.82) is 0 Å². The first-order chi connectivity index (χ1) is 9.82. The number of aldehydes is 1. The predicted octanol–water partition coefficient (Wildman–Crippen LogP) is 3.58. The van der Waals surface area contributed by atoms with Gasteiger partial charge in [-0.2, -0.15) is 0 Å². The largest absolute Gasteiger partial charge is 0.296 e. The third-order valence-electron chi connectivity index (χ3n) is 3.48. The van der Waals surface area contributed by atoms with E-state index in [0.717, 1.165) is 24.1 Å². The van der Waals surface area contributed by atoms with Crippen LogP contribution in [0.25, 0.3) is 5.69 Å². The molecule has 0 bridgehead atoms. The highest BCUT2D eigenvalue weighted by Crippen LogP contribution is 2.24. The lowest BCUT2D eigenvalue weighted by molar-refractivity contribution is 0.111. The Kier molecular flexibility index (Phi) is 4.26. The van der Waals surface area contributed by atoms with Crippen molar-refractivity contribution in [2.75, 3.05) is 0 Å². The second kappa shape index (κ2) is 5.80. The van der Waals surface area contributed by atoms with Gasteiger partial charge in [0.05, 0.1) is 11.4 Å². The fraction of sp³-hybridized carbons (Fsp3) is 0.471. The monoisotopic (exact) mass is 285 g/mol. The van der Waals surface area contributed by atoms with Crippen molar-refractivity contribution in [3.8, 4) is 5.69 Å². The Hall–Kier alpha value is -1.97. The van der Waals surface area contributed by atoms with Crippen molar-refractivity contribution in [2.24, 2.45) is 5.92 Å². The summed E-state index contributed by atoms with van der Waals surface area (Å²) in [6, 6.07) is 8.29. The number of aromatic nitrogens is 3. The van der Waals surface area contributed by atoms with Crippen LogP contribution in [0.2, 0.25) is 0 Å². The van der Waals surface area contributed by atoms with E-state index in [1.807, 2.05) is 12.1 Å². The highest BCUT2D eigenvalue weighted by Gasteiger charge is 2.17. The van der Waals surface area contributed by atoms with Gasteiger partial charge in [0.25, 0.3) is 0 Å². The maximum atomic E-state index is 11.1. The van der Waals surface area contributed by atoms with Crippen molar-refractivity contribution < 1.29 is 4.79 Å². The van der Waals surface area contributed by atoms with Crippen LogP contribution in [0.3, 0.4) is 0 Å². The second-order valence-electron chi connectivity index (χ2n) is 6.85. The SMILES string of the molecule is CC(C)Cc1c(C=O)nnn1-c1ccc(C(C)(C)C)cc1. The Labute approximate surface area is 126 Å². The Morgan fingerprint density at radius 2 is 1.81 bits per heavy atom. The number of nitrogens with zero attached hydrogens (tertiary/aromatic N) is 3. The highest BCUT2D eigenvalue weighted by atomic mass is 16.1. The van der Waals surface area contributed by atoms with Crippen molar-refractivity contribution in [3.63, 3.8) is 0 Å². The van der Waals surface area contributed by atoms with E-state index >= 15 is 0 Å². The molecule has 0 unspecified atom stereocenters. The van der Waals surface area contributed by atoms with Crippen molar-refractivity contribution >= 4 is 6.29 Å². The summed E-state index contributed by atoms with van der Waals surface area (Å²) >= 11 is 0. The molecule has 21 heavy (non-hydrogen) atoms. The molecule has 112 valence electrons. The van der Waals surface area contributed by atoms with Crippen molar-refractivity contribution in [3.05, 3.63) is 41.2 Å². The standard InChI is InChI=1S/C17H23N3O/c1-12(2)10-16-15(11-21)18-19-20(16)14-8-6-13(7-9-14)17(3,4)5/h6-9,11-12H,10H2,1-5H3. The first-order valence-corrected chi connectivity index (χ1v) is 7.33. The zero-order valence-corrected chi connectivity index (χ0v) is 13.4. The van der Waals surface area contributed by atoms with E-state index < -0.39 is 0 Å². The molecule has 0 atom stereocenters. The van der Waals surface area contributed by atoms with E-state index in [9.17, 15) is 4.79 Å². The van der Waals surface area contributed by atoms with Crippen LogP contribution in [0.15, 0.2) is 24.3 Å². The summed E-state index contributed by atoms with van der Waals surface area (Å²) < 4.78 is 1.77. The predicted molar refractivity (Wildman–Crippen MR) is 84.0 cm³/mol. The summed E-state index contributed by atoms with van der Waals surface area (Å²) in [6.45, 7) is 10.8. The molecule has 0 radical (unpaired) electrons. The minimum Gasteiger partial charge on any atom is -0.296 e. The normalized spacial score (nSPS) is 11.9. The quantitative estimate of drug-likeness (QED) is 0.807. The van der Waals surface area contributed by atoms with Gasteiger partial charge < -0.3 is 0 Å². The molecular weight excluding hydrogens is 262 g/mol. The Morgan fingerprint density at radius 1 is 1.19 bits per heavy atom. The van der Waals surface area contributed by atoms with E-state index in [2.05, 4.69) is 57.1 Å². The molecule has 2 aromatic rings. The maximum Gasteiger partial charge on any atom is 0.172 e. The van der Waals surface area contributed by atoms with Gasteiger partial charge in [-0.3, -0.25) is 4.79 Å². The van der Waals surface area contributed by atoms with Gasteiger partial charge in [-0.25, -0.2) is 4.68 Å². The van der Waals surface area contributed by atoms with E-state index in [0.29, 0.717) is 11.6 Å². The Morgan fingerprint density at radius 3 is 2.29 bits per heavy atom. The molecule has 0 N–H and O–H groups in total. The average molecular weight is 285 g/mol. The minimum atomic E-state index is 0.121. The van der Waals surface area contributed by atoms with Crippen LogP contribution in [0.1, 0.15) is 56.4 Å². The summed E-state index contributed by atoms with van der Waals surface area (Å²) in [5, 5.41) is 8.12. The van der Waals surface area contributed by atoms with Gasteiger partial charge in [0.1, 0.15) is 5.69 Å². The highest BCUT2D eigenvalue weighted by molar-refractivity contribution is 5.73. The summed E-state index contributed by atoms with van der Waals surface area (Å²) in [6.07, 6.45) is 1.56. The molecule has 0 aliphatic carbocycles. The number of hydrogen-bond acceptors (Lipinski definition) is 3. The number of carbonyl (C=O) groups is 1. The lowest BCUT2D eigenvalue weighted by atomic mass is 9.87. The summed E-state index contributed by atoms with van der Waals surface area (Å²) in [7, 11) is 0. The fourth-order valence-corrected chi connectivity index (χ4v) is 2.29. The summed E-state index contributed by atoms with van der Waals surface area (Å²) in [4.78, 5) is 11.1. The fourth-order valence-electron chi connectivity index (χ4n) is 2.29. The van der Waals surface area contributed by atoms with Crippen molar-refractivity contribution in [1.82, 2.24) is 15.0 Å². The van der Waals surface area contributed by atoms with Crippen LogP contribution in [-0.4, -0.2) is 21.3 Å². The molecule has 1 aromatic heterocycles. The lowest BCUT2D eigenvalue weighted by Crippen LogP contribution is -2.11. The van der Waals surface area contributed by atoms with Gasteiger partial charge >= 0.3 is 0 Å². The van der Waals surface area contributed by atoms with Gasteiger partial charge in [-0.15, -0.1) is 5.10 Å². The molecule has 0 fully saturated rings. The molecule has 2 rings (SSSR count). The van der Waals surface area contributed by atoms with Crippen LogP contribution < -0.4 is 0 Å². The number of hydrogen-bond donors (Lipinski definition) is 0. The van der Waals surface area contributed by atoms with E-state index in [1.165, 1.54) is 5.56 Å².